The number of benzene rings is 2. The van der Waals surface area contributed by atoms with E-state index in [1.54, 1.807) is 18.3 Å². The molecular formula is C29H30BrN3O4. The van der Waals surface area contributed by atoms with Gasteiger partial charge in [0, 0.05) is 27.1 Å². The van der Waals surface area contributed by atoms with E-state index < -0.39 is 5.91 Å². The Kier molecular flexibility index (Phi) is 8.50. The Balaban J connectivity index is 1.33. The number of hydrogen-bond donors (Lipinski definition) is 1. The van der Waals surface area contributed by atoms with Crippen molar-refractivity contribution < 1.29 is 18.7 Å². The van der Waals surface area contributed by atoms with Gasteiger partial charge >= 0.3 is 5.91 Å². The maximum atomic E-state index is 12.5. The van der Waals surface area contributed by atoms with Gasteiger partial charge < -0.3 is 18.5 Å². The summed E-state index contributed by atoms with van der Waals surface area (Å²) in [6.45, 7) is 8.42. The first kappa shape index (κ1) is 26.3. The molecule has 0 fully saturated rings. The number of hydrogen-bond acceptors (Lipinski definition) is 5. The first-order chi connectivity index (χ1) is 17.8. The Labute approximate surface area is 225 Å². The van der Waals surface area contributed by atoms with Gasteiger partial charge in [-0.3, -0.25) is 4.79 Å². The molecule has 0 aliphatic carbocycles. The van der Waals surface area contributed by atoms with E-state index in [4.69, 9.17) is 13.9 Å². The van der Waals surface area contributed by atoms with Crippen LogP contribution in [-0.2, 0) is 6.61 Å². The monoisotopic (exact) mass is 563 g/mol. The van der Waals surface area contributed by atoms with Crippen LogP contribution in [0.1, 0.15) is 53.5 Å². The summed E-state index contributed by atoms with van der Waals surface area (Å²) in [6.07, 6.45) is 2.50. The summed E-state index contributed by atoms with van der Waals surface area (Å²) >= 11 is 3.46. The molecule has 0 radical (unpaired) electrons. The highest BCUT2D eigenvalue weighted by Crippen LogP contribution is 2.24. The fraction of sp³-hybridized carbons (Fsp3) is 0.241. The molecule has 1 N–H and O–H groups in total. The molecule has 0 unspecified atom stereocenters. The second-order valence-corrected chi connectivity index (χ2v) is 9.63. The number of aromatic nitrogens is 1. The molecule has 0 saturated carbocycles. The summed E-state index contributed by atoms with van der Waals surface area (Å²) < 4.78 is 20.5. The van der Waals surface area contributed by atoms with Gasteiger partial charge in [-0.1, -0.05) is 22.9 Å². The maximum absolute atomic E-state index is 12.5. The summed E-state index contributed by atoms with van der Waals surface area (Å²) in [4.78, 5) is 12.5. The van der Waals surface area contributed by atoms with Gasteiger partial charge in [0.05, 0.1) is 12.3 Å². The molecule has 2 heterocycles. The van der Waals surface area contributed by atoms with E-state index in [0.717, 1.165) is 22.1 Å². The number of rotatable bonds is 10. The first-order valence-corrected chi connectivity index (χ1v) is 12.9. The van der Waals surface area contributed by atoms with Crippen molar-refractivity contribution in [3.63, 3.8) is 0 Å². The number of nitrogens with one attached hydrogen (secondary N) is 1. The van der Waals surface area contributed by atoms with Crippen LogP contribution in [0.3, 0.4) is 0 Å². The Bertz CT molecular complexity index is 1370. The Hall–Kier alpha value is -3.78. The smallest absolute Gasteiger partial charge is 0.307 e. The number of ether oxygens (including phenoxy) is 2. The van der Waals surface area contributed by atoms with E-state index >= 15 is 0 Å². The van der Waals surface area contributed by atoms with Gasteiger partial charge in [0.25, 0.3) is 0 Å². The number of carbonyl (C=O) groups excluding carboxylic acids is 1. The highest BCUT2D eigenvalue weighted by atomic mass is 79.9. The van der Waals surface area contributed by atoms with Gasteiger partial charge in [-0.25, -0.2) is 5.43 Å². The molecule has 0 saturated heterocycles. The zero-order valence-corrected chi connectivity index (χ0v) is 22.9. The fourth-order valence-electron chi connectivity index (χ4n) is 3.74. The third-order valence-corrected chi connectivity index (χ3v) is 6.37. The standard InChI is InChI=1S/C29H30BrN3O4/c1-5-21(4)36-27-14-8-23(30)16-22(27)17-31-32-29(34)28-15-13-26(37-28)18-35-25-11-9-24(10-12-25)33-19(2)6-7-20(33)3/h6-17,21H,5,18H2,1-4H3,(H,32,34)/b31-17+/t21-/m1/s1. The van der Waals surface area contributed by atoms with Crippen LogP contribution >= 0.6 is 15.9 Å². The van der Waals surface area contributed by atoms with Crippen molar-refractivity contribution in [3.05, 3.63) is 99.7 Å². The van der Waals surface area contributed by atoms with Gasteiger partial charge in [0.15, 0.2) is 5.76 Å². The number of carbonyl (C=O) groups is 1. The Morgan fingerprint density at radius 1 is 1.08 bits per heavy atom. The number of nitrogens with zero attached hydrogens (tertiary/aromatic N) is 2. The van der Waals surface area contributed by atoms with Crippen LogP contribution in [0.4, 0.5) is 0 Å². The van der Waals surface area contributed by atoms with Crippen LogP contribution in [0, 0.1) is 13.8 Å². The number of amides is 1. The highest BCUT2D eigenvalue weighted by Gasteiger charge is 2.12. The number of halogens is 1. The van der Waals surface area contributed by atoms with Gasteiger partial charge in [-0.15, -0.1) is 0 Å². The van der Waals surface area contributed by atoms with Crippen LogP contribution in [0.15, 0.2) is 80.7 Å². The average molecular weight is 564 g/mol. The summed E-state index contributed by atoms with van der Waals surface area (Å²) in [7, 11) is 0. The molecule has 0 spiro atoms. The van der Waals surface area contributed by atoms with Crippen molar-refractivity contribution in [1.82, 2.24) is 9.99 Å². The lowest BCUT2D eigenvalue weighted by Gasteiger charge is -2.14. The zero-order valence-electron chi connectivity index (χ0n) is 21.3. The van der Waals surface area contributed by atoms with Crippen molar-refractivity contribution in [2.45, 2.75) is 46.8 Å². The van der Waals surface area contributed by atoms with Crippen molar-refractivity contribution in [3.8, 4) is 17.2 Å². The molecular weight excluding hydrogens is 534 g/mol. The lowest BCUT2D eigenvalue weighted by molar-refractivity contribution is 0.0923. The van der Waals surface area contributed by atoms with E-state index in [1.807, 2.05) is 49.4 Å². The van der Waals surface area contributed by atoms with Gasteiger partial charge in [-0.2, -0.15) is 5.10 Å². The summed E-state index contributed by atoms with van der Waals surface area (Å²) in [5.41, 5.74) is 6.67. The van der Waals surface area contributed by atoms with Crippen LogP contribution in [-0.4, -0.2) is 22.8 Å². The molecule has 192 valence electrons. The average Bonchev–Trinajstić information content (AvgIpc) is 3.50. The second kappa shape index (κ2) is 12.0. The van der Waals surface area contributed by atoms with Crippen LogP contribution in [0.5, 0.6) is 11.5 Å². The first-order valence-electron chi connectivity index (χ1n) is 12.1. The number of furan rings is 1. The second-order valence-electron chi connectivity index (χ2n) is 8.72. The van der Waals surface area contributed by atoms with E-state index in [0.29, 0.717) is 17.3 Å². The number of aryl methyl sites for hydroxylation is 2. The van der Waals surface area contributed by atoms with E-state index in [9.17, 15) is 4.79 Å². The van der Waals surface area contributed by atoms with Crippen molar-refractivity contribution in [2.75, 3.05) is 0 Å². The third kappa shape index (κ3) is 6.71. The Morgan fingerprint density at radius 2 is 1.81 bits per heavy atom. The summed E-state index contributed by atoms with van der Waals surface area (Å²) in [6, 6.07) is 21.0. The summed E-state index contributed by atoms with van der Waals surface area (Å²) in [5, 5.41) is 4.08. The van der Waals surface area contributed by atoms with Crippen LogP contribution < -0.4 is 14.9 Å². The minimum absolute atomic E-state index is 0.0670. The van der Waals surface area contributed by atoms with Crippen molar-refractivity contribution in [1.29, 1.82) is 0 Å². The van der Waals surface area contributed by atoms with E-state index in [-0.39, 0.29) is 18.5 Å². The third-order valence-electron chi connectivity index (χ3n) is 5.88. The Morgan fingerprint density at radius 3 is 2.51 bits per heavy atom. The number of hydrazone groups is 1. The SMILES string of the molecule is CC[C@@H](C)Oc1ccc(Br)cc1/C=N/NC(=O)c1ccc(COc2ccc(-n3c(C)ccc3C)cc2)o1. The lowest BCUT2D eigenvalue weighted by atomic mass is 10.2. The van der Waals surface area contributed by atoms with Crippen molar-refractivity contribution >= 4 is 28.1 Å². The highest BCUT2D eigenvalue weighted by molar-refractivity contribution is 9.10. The normalized spacial score (nSPS) is 12.0. The molecule has 2 aromatic carbocycles. The molecule has 37 heavy (non-hydrogen) atoms. The van der Waals surface area contributed by atoms with Gasteiger partial charge in [-0.05, 0) is 93.9 Å². The molecule has 4 aromatic rings. The maximum Gasteiger partial charge on any atom is 0.307 e. The van der Waals surface area contributed by atoms with Crippen LogP contribution in [0.2, 0.25) is 0 Å². The molecule has 1 atom stereocenters. The van der Waals surface area contributed by atoms with Gasteiger partial charge in [0.2, 0.25) is 0 Å². The molecule has 7 nitrogen and oxygen atoms in total. The molecule has 0 aliphatic heterocycles. The van der Waals surface area contributed by atoms with Crippen LogP contribution in [0.25, 0.3) is 5.69 Å². The summed E-state index contributed by atoms with van der Waals surface area (Å²) in [5.74, 6) is 1.63. The predicted molar refractivity (Wildman–Crippen MR) is 148 cm³/mol. The van der Waals surface area contributed by atoms with E-state index in [2.05, 4.69) is 63.9 Å². The zero-order chi connectivity index (χ0) is 26.4. The fourth-order valence-corrected chi connectivity index (χ4v) is 4.12. The van der Waals surface area contributed by atoms with Crippen molar-refractivity contribution in [2.24, 2.45) is 5.10 Å². The molecule has 2 aromatic heterocycles. The minimum Gasteiger partial charge on any atom is -0.490 e. The predicted octanol–water partition coefficient (Wildman–Crippen LogP) is 6.97. The topological polar surface area (TPSA) is 78.0 Å². The molecule has 1 amide bonds. The van der Waals surface area contributed by atoms with Gasteiger partial charge in [0.1, 0.15) is 23.9 Å². The quantitative estimate of drug-likeness (QED) is 0.167. The largest absolute Gasteiger partial charge is 0.490 e. The lowest BCUT2D eigenvalue weighted by Crippen LogP contribution is -2.17. The molecule has 4 rings (SSSR count). The van der Waals surface area contributed by atoms with E-state index in [1.165, 1.54) is 11.4 Å². The molecule has 0 bridgehead atoms. The molecule has 8 heteroatoms. The minimum atomic E-state index is -0.455. The molecule has 0 aliphatic rings.